The summed E-state index contributed by atoms with van der Waals surface area (Å²) in [6.45, 7) is 3.79. The molecule has 0 unspecified atom stereocenters. The van der Waals surface area contributed by atoms with Crippen molar-refractivity contribution in [3.63, 3.8) is 0 Å². The predicted octanol–water partition coefficient (Wildman–Crippen LogP) is 3.69. The summed E-state index contributed by atoms with van der Waals surface area (Å²) in [5.41, 5.74) is 0.773. The summed E-state index contributed by atoms with van der Waals surface area (Å²) in [6.07, 6.45) is 3.55. The lowest BCUT2D eigenvalue weighted by Gasteiger charge is -2.34. The van der Waals surface area contributed by atoms with E-state index in [1.54, 1.807) is 32.2 Å². The van der Waals surface area contributed by atoms with Crippen LogP contribution < -0.4 is 5.32 Å². The molecular weight excluding hydrogens is 362 g/mol. The molecule has 0 spiro atoms. The van der Waals surface area contributed by atoms with E-state index >= 15 is 0 Å². The van der Waals surface area contributed by atoms with Crippen LogP contribution in [0.1, 0.15) is 51.1 Å². The van der Waals surface area contributed by atoms with Crippen LogP contribution in [-0.2, 0) is 9.53 Å². The number of carbonyl (C=O) groups is 2. The van der Waals surface area contributed by atoms with Crippen LogP contribution in [0, 0.1) is 16.0 Å². The maximum Gasteiger partial charge on any atom is 0.338 e. The summed E-state index contributed by atoms with van der Waals surface area (Å²) in [6, 6.07) is 4.75. The van der Waals surface area contributed by atoms with Crippen LogP contribution in [0.15, 0.2) is 35.5 Å². The Kier molecular flexibility index (Phi) is 5.67. The van der Waals surface area contributed by atoms with Crippen LogP contribution in [0.3, 0.4) is 0 Å². The zero-order chi connectivity index (χ0) is 20.4. The van der Waals surface area contributed by atoms with Crippen molar-refractivity contribution in [2.75, 3.05) is 7.05 Å². The third kappa shape index (κ3) is 3.85. The maximum atomic E-state index is 13.1. The number of allylic oxidation sites excluding steroid dienone is 1. The van der Waals surface area contributed by atoms with Gasteiger partial charge in [0.05, 0.1) is 22.1 Å². The predicted molar refractivity (Wildman–Crippen MR) is 102 cm³/mol. The van der Waals surface area contributed by atoms with E-state index in [2.05, 4.69) is 12.2 Å². The van der Waals surface area contributed by atoms with Gasteiger partial charge >= 0.3 is 12.0 Å². The van der Waals surface area contributed by atoms with Gasteiger partial charge in [-0.25, -0.2) is 9.59 Å². The second-order valence-corrected chi connectivity index (χ2v) is 7.56. The molecule has 1 aliphatic heterocycles. The molecule has 8 nitrogen and oxygen atoms in total. The third-order valence-corrected chi connectivity index (χ3v) is 5.58. The number of urea groups is 1. The zero-order valence-electron chi connectivity index (χ0n) is 16.3. The molecule has 0 saturated heterocycles. The zero-order valence-corrected chi connectivity index (χ0v) is 16.3. The van der Waals surface area contributed by atoms with E-state index in [9.17, 15) is 19.7 Å². The highest BCUT2D eigenvalue weighted by atomic mass is 16.6. The fraction of sp³-hybridized carbons (Fsp3) is 0.500. The van der Waals surface area contributed by atoms with Gasteiger partial charge in [0.1, 0.15) is 6.10 Å². The van der Waals surface area contributed by atoms with E-state index in [0.717, 1.165) is 25.7 Å². The topological polar surface area (TPSA) is 102 Å². The number of esters is 1. The minimum atomic E-state index is -0.932. The van der Waals surface area contributed by atoms with E-state index in [-0.39, 0.29) is 22.9 Å². The number of hydrogen-bond donors (Lipinski definition) is 1. The second kappa shape index (κ2) is 8.00. The highest BCUT2D eigenvalue weighted by molar-refractivity contribution is 5.95. The number of amides is 2. The molecule has 0 radical (unpaired) electrons. The molecule has 1 fully saturated rings. The largest absolute Gasteiger partial charge is 0.459 e. The lowest BCUT2D eigenvalue weighted by atomic mass is 9.88. The highest BCUT2D eigenvalue weighted by Gasteiger charge is 2.39. The van der Waals surface area contributed by atoms with Crippen molar-refractivity contribution < 1.29 is 19.2 Å². The van der Waals surface area contributed by atoms with E-state index in [1.165, 1.54) is 11.0 Å². The fourth-order valence-electron chi connectivity index (χ4n) is 3.93. The smallest absolute Gasteiger partial charge is 0.338 e. The van der Waals surface area contributed by atoms with Crippen molar-refractivity contribution in [1.29, 1.82) is 0 Å². The van der Waals surface area contributed by atoms with Crippen LogP contribution in [-0.4, -0.2) is 35.0 Å². The first-order valence-corrected chi connectivity index (χ1v) is 9.48. The van der Waals surface area contributed by atoms with Gasteiger partial charge in [-0.3, -0.25) is 10.1 Å². The fourth-order valence-corrected chi connectivity index (χ4v) is 3.93. The minimum absolute atomic E-state index is 0.151. The van der Waals surface area contributed by atoms with Crippen molar-refractivity contribution in [3.05, 3.63) is 51.2 Å². The molecule has 1 N–H and O–H groups in total. The van der Waals surface area contributed by atoms with Crippen molar-refractivity contribution >= 4 is 17.7 Å². The van der Waals surface area contributed by atoms with Crippen LogP contribution in [0.25, 0.3) is 0 Å². The quantitative estimate of drug-likeness (QED) is 0.482. The summed E-state index contributed by atoms with van der Waals surface area (Å²) in [5, 5.41) is 14.2. The molecule has 28 heavy (non-hydrogen) atoms. The lowest BCUT2D eigenvalue weighted by molar-refractivity contribution is -0.385. The van der Waals surface area contributed by atoms with Gasteiger partial charge in [0.15, 0.2) is 0 Å². The summed E-state index contributed by atoms with van der Waals surface area (Å²) in [5.74, 6) is -0.0482. The molecule has 1 aromatic carbocycles. The van der Waals surface area contributed by atoms with Crippen molar-refractivity contribution in [2.24, 2.45) is 5.92 Å². The monoisotopic (exact) mass is 387 g/mol. The number of benzene rings is 1. The normalized spacial score (nSPS) is 25.3. The second-order valence-electron chi connectivity index (χ2n) is 7.56. The van der Waals surface area contributed by atoms with Gasteiger partial charge in [-0.2, -0.15) is 0 Å². The Balaban J connectivity index is 1.98. The Hall–Kier alpha value is -2.90. The SMILES string of the molecule is CC1=C(C(=O)O[C@H]2CCC[C@H](C)C2)[C@@H](c2ccccc2[N+](=O)[O-])NC(=O)N1C. The standard InChI is InChI=1S/C20H25N3O5/c1-12-7-6-8-14(11-12)28-19(24)17-13(2)22(3)20(25)21-18(17)15-9-4-5-10-16(15)23(26)27/h4-5,9-10,12,14,18H,6-8,11H2,1-3H3,(H,21,25)/t12-,14-,18+/m0/s1. The molecular formula is C20H25N3O5. The molecule has 1 heterocycles. The molecule has 0 bridgehead atoms. The number of hydrogen-bond acceptors (Lipinski definition) is 5. The van der Waals surface area contributed by atoms with Gasteiger partial charge in [-0.05, 0) is 38.2 Å². The average molecular weight is 387 g/mol. The van der Waals surface area contributed by atoms with Crippen LogP contribution in [0.4, 0.5) is 10.5 Å². The van der Waals surface area contributed by atoms with Crippen molar-refractivity contribution in [3.8, 4) is 0 Å². The maximum absolute atomic E-state index is 13.1. The first-order valence-electron chi connectivity index (χ1n) is 9.48. The summed E-state index contributed by atoms with van der Waals surface area (Å²) in [7, 11) is 1.55. The number of nitro groups is 1. The van der Waals surface area contributed by atoms with Crippen LogP contribution >= 0.6 is 0 Å². The Morgan fingerprint density at radius 1 is 1.32 bits per heavy atom. The minimum Gasteiger partial charge on any atom is -0.459 e. The number of nitro benzene ring substituents is 1. The van der Waals surface area contributed by atoms with Crippen molar-refractivity contribution in [1.82, 2.24) is 10.2 Å². The Morgan fingerprint density at radius 2 is 2.04 bits per heavy atom. The number of carbonyl (C=O) groups excluding carboxylic acids is 2. The summed E-state index contributed by atoms with van der Waals surface area (Å²) in [4.78, 5) is 37.7. The van der Waals surface area contributed by atoms with Gasteiger partial charge in [0, 0.05) is 18.8 Å². The van der Waals surface area contributed by atoms with E-state index < -0.39 is 23.0 Å². The van der Waals surface area contributed by atoms with Crippen LogP contribution in [0.5, 0.6) is 0 Å². The lowest BCUT2D eigenvalue weighted by Crippen LogP contribution is -2.46. The molecule has 3 atom stereocenters. The number of ether oxygens (including phenoxy) is 1. The molecule has 1 aromatic rings. The molecule has 150 valence electrons. The third-order valence-electron chi connectivity index (χ3n) is 5.58. The van der Waals surface area contributed by atoms with Gasteiger partial charge < -0.3 is 15.0 Å². The molecule has 2 aliphatic rings. The van der Waals surface area contributed by atoms with E-state index in [4.69, 9.17) is 4.74 Å². The highest BCUT2D eigenvalue weighted by Crippen LogP contribution is 2.36. The Labute approximate surface area is 163 Å². The van der Waals surface area contributed by atoms with E-state index in [0.29, 0.717) is 11.6 Å². The van der Waals surface area contributed by atoms with Crippen molar-refractivity contribution in [2.45, 2.75) is 51.7 Å². The molecule has 0 aromatic heterocycles. The van der Waals surface area contributed by atoms with Gasteiger partial charge in [-0.1, -0.05) is 25.5 Å². The summed E-state index contributed by atoms with van der Waals surface area (Å²) >= 11 is 0. The summed E-state index contributed by atoms with van der Waals surface area (Å²) < 4.78 is 5.76. The molecule has 1 aliphatic carbocycles. The number of nitrogens with one attached hydrogen (secondary N) is 1. The Bertz CT molecular complexity index is 835. The van der Waals surface area contributed by atoms with E-state index in [1.807, 2.05) is 0 Å². The van der Waals surface area contributed by atoms with Gasteiger partial charge in [-0.15, -0.1) is 0 Å². The Morgan fingerprint density at radius 3 is 2.71 bits per heavy atom. The molecule has 1 saturated carbocycles. The molecule has 3 rings (SSSR count). The molecule has 8 heteroatoms. The first-order chi connectivity index (χ1) is 13.3. The van der Waals surface area contributed by atoms with Gasteiger partial charge in [0.25, 0.3) is 5.69 Å². The number of rotatable bonds is 4. The van der Waals surface area contributed by atoms with Crippen LogP contribution in [0.2, 0.25) is 0 Å². The average Bonchev–Trinajstić information content (AvgIpc) is 2.65. The van der Waals surface area contributed by atoms with Gasteiger partial charge in [0.2, 0.25) is 0 Å². The number of para-hydroxylation sites is 1. The number of nitrogens with zero attached hydrogens (tertiary/aromatic N) is 2. The first kappa shape index (κ1) is 19.9. The molecule has 2 amide bonds.